The number of rotatable bonds is 5. The number of aryl methyl sites for hydroxylation is 1. The first-order chi connectivity index (χ1) is 6.47. The van der Waals surface area contributed by atoms with E-state index in [-0.39, 0.29) is 0 Å². The Morgan fingerprint density at radius 2 is 2.14 bits per heavy atom. The Morgan fingerprint density at radius 3 is 2.64 bits per heavy atom. The molecule has 80 valence electrons. The summed E-state index contributed by atoms with van der Waals surface area (Å²) in [6, 6.07) is 1.39. The summed E-state index contributed by atoms with van der Waals surface area (Å²) < 4.78 is 1.76. The van der Waals surface area contributed by atoms with Crippen LogP contribution in [0.2, 0.25) is 25.7 Å². The van der Waals surface area contributed by atoms with Gasteiger partial charge in [0.2, 0.25) is 0 Å². The van der Waals surface area contributed by atoms with Crippen LogP contribution in [-0.2, 0) is 12.8 Å². The van der Waals surface area contributed by atoms with E-state index in [1.54, 1.807) is 4.68 Å². The predicted molar refractivity (Wildman–Crippen MR) is 65.3 cm³/mol. The summed E-state index contributed by atoms with van der Waals surface area (Å²) in [6.45, 7) is 7.24. The van der Waals surface area contributed by atoms with Gasteiger partial charge in [0.1, 0.15) is 0 Å². The molecule has 0 saturated carbocycles. The molecule has 3 nitrogen and oxygen atoms in total. The predicted octanol–water partition coefficient (Wildman–Crippen LogP) is 2.39. The molecule has 0 aliphatic carbocycles. The molecule has 0 aromatic carbocycles. The number of nitrogens with zero attached hydrogens (tertiary/aromatic N) is 3. The van der Waals surface area contributed by atoms with E-state index in [9.17, 15) is 0 Å². The van der Waals surface area contributed by atoms with E-state index in [0.29, 0.717) is 0 Å². The molecule has 1 aromatic rings. The van der Waals surface area contributed by atoms with Gasteiger partial charge >= 0.3 is 0 Å². The largest absolute Gasteiger partial charge is 0.255 e. The molecule has 0 spiro atoms. The molecule has 0 saturated heterocycles. The van der Waals surface area contributed by atoms with Gasteiger partial charge in [0.25, 0.3) is 0 Å². The van der Waals surface area contributed by atoms with Gasteiger partial charge in [0.15, 0.2) is 0 Å². The smallest absolute Gasteiger partial charge is 0.0925 e. The summed E-state index contributed by atoms with van der Waals surface area (Å²) in [4.78, 5) is 0. The molecule has 0 N–H and O–H groups in total. The van der Waals surface area contributed by atoms with Crippen molar-refractivity contribution in [2.24, 2.45) is 7.05 Å². The average Bonchev–Trinajstić information content (AvgIpc) is 2.44. The quantitative estimate of drug-likeness (QED) is 0.574. The maximum absolute atomic E-state index is 4.05. The van der Waals surface area contributed by atoms with Crippen molar-refractivity contribution in [3.63, 3.8) is 0 Å². The molecular weight excluding hydrogens is 210 g/mol. The Kier molecular flexibility index (Phi) is 4.19. The molecular formula is C9H19N3SSi. The highest BCUT2D eigenvalue weighted by molar-refractivity contribution is 7.98. The molecule has 0 atom stereocenters. The highest BCUT2D eigenvalue weighted by Gasteiger charge is 2.11. The van der Waals surface area contributed by atoms with Crippen molar-refractivity contribution < 1.29 is 0 Å². The van der Waals surface area contributed by atoms with E-state index in [1.807, 2.05) is 25.0 Å². The van der Waals surface area contributed by atoms with Gasteiger partial charge < -0.3 is 0 Å². The van der Waals surface area contributed by atoms with Gasteiger partial charge in [0.05, 0.1) is 5.69 Å². The molecule has 1 aromatic heterocycles. The maximum Gasteiger partial charge on any atom is 0.0925 e. The lowest BCUT2D eigenvalue weighted by Crippen LogP contribution is -2.19. The van der Waals surface area contributed by atoms with Crippen molar-refractivity contribution in [2.75, 3.05) is 5.75 Å². The zero-order chi connectivity index (χ0) is 10.6. The number of thioether (sulfide) groups is 1. The lowest BCUT2D eigenvalue weighted by Gasteiger charge is -2.14. The highest BCUT2D eigenvalue weighted by Crippen LogP contribution is 2.16. The Hall–Kier alpha value is -0.293. The first kappa shape index (κ1) is 11.8. The Balaban J connectivity index is 2.16. The van der Waals surface area contributed by atoms with Crippen molar-refractivity contribution in [3.05, 3.63) is 11.9 Å². The van der Waals surface area contributed by atoms with Crippen LogP contribution in [0.4, 0.5) is 0 Å². The van der Waals surface area contributed by atoms with E-state index in [2.05, 4.69) is 30.0 Å². The first-order valence-corrected chi connectivity index (χ1v) is 9.76. The van der Waals surface area contributed by atoms with E-state index in [4.69, 9.17) is 0 Å². The van der Waals surface area contributed by atoms with Crippen LogP contribution >= 0.6 is 11.8 Å². The fourth-order valence-electron chi connectivity index (χ4n) is 1.02. The lowest BCUT2D eigenvalue weighted by molar-refractivity contribution is 0.714. The first-order valence-electron chi connectivity index (χ1n) is 4.90. The van der Waals surface area contributed by atoms with E-state index < -0.39 is 8.07 Å². The van der Waals surface area contributed by atoms with Crippen LogP contribution in [0.15, 0.2) is 6.20 Å². The summed E-state index contributed by atoms with van der Waals surface area (Å²) in [5.41, 5.74) is 1.09. The van der Waals surface area contributed by atoms with Crippen molar-refractivity contribution in [2.45, 2.75) is 31.4 Å². The van der Waals surface area contributed by atoms with Crippen LogP contribution in [0.1, 0.15) is 5.69 Å². The van der Waals surface area contributed by atoms with Gasteiger partial charge in [-0.25, -0.2) is 0 Å². The van der Waals surface area contributed by atoms with Gasteiger partial charge in [-0.15, -0.1) is 5.10 Å². The summed E-state index contributed by atoms with van der Waals surface area (Å²) in [7, 11) is 1.05. The number of hydrogen-bond acceptors (Lipinski definition) is 3. The maximum atomic E-state index is 4.05. The lowest BCUT2D eigenvalue weighted by atomic mass is 10.6. The molecule has 0 amide bonds. The average molecular weight is 229 g/mol. The minimum Gasteiger partial charge on any atom is -0.255 e. The summed E-state index contributed by atoms with van der Waals surface area (Å²) >= 11 is 1.97. The van der Waals surface area contributed by atoms with Crippen LogP contribution in [0, 0.1) is 0 Å². The topological polar surface area (TPSA) is 30.7 Å². The van der Waals surface area contributed by atoms with Gasteiger partial charge in [-0.3, -0.25) is 4.68 Å². The summed E-state index contributed by atoms with van der Waals surface area (Å²) in [5.74, 6) is 2.25. The molecule has 14 heavy (non-hydrogen) atoms. The number of aromatic nitrogens is 3. The molecule has 5 heteroatoms. The summed E-state index contributed by atoms with van der Waals surface area (Å²) in [6.07, 6.45) is 1.99. The second-order valence-corrected chi connectivity index (χ2v) is 11.5. The molecule has 0 fully saturated rings. The Bertz CT molecular complexity index is 280. The molecule has 0 aliphatic rings. The second-order valence-electron chi connectivity index (χ2n) is 4.75. The molecule has 1 rings (SSSR count). The molecule has 0 unspecified atom stereocenters. The Morgan fingerprint density at radius 1 is 1.43 bits per heavy atom. The van der Waals surface area contributed by atoms with Crippen LogP contribution in [0.25, 0.3) is 0 Å². The zero-order valence-electron chi connectivity index (χ0n) is 9.45. The minimum absolute atomic E-state index is 0.852. The van der Waals surface area contributed by atoms with Gasteiger partial charge in [-0.1, -0.05) is 24.9 Å². The third kappa shape index (κ3) is 4.81. The SMILES string of the molecule is Cn1cc(CSCC[Si](C)(C)C)nn1. The fourth-order valence-corrected chi connectivity index (χ4v) is 4.53. The normalized spacial score (nSPS) is 12.0. The van der Waals surface area contributed by atoms with Crippen LogP contribution in [-0.4, -0.2) is 28.8 Å². The van der Waals surface area contributed by atoms with Crippen molar-refractivity contribution in [3.8, 4) is 0 Å². The molecule has 1 heterocycles. The van der Waals surface area contributed by atoms with Crippen LogP contribution in [0.5, 0.6) is 0 Å². The van der Waals surface area contributed by atoms with E-state index >= 15 is 0 Å². The van der Waals surface area contributed by atoms with E-state index in [0.717, 1.165) is 11.4 Å². The van der Waals surface area contributed by atoms with Crippen molar-refractivity contribution in [1.29, 1.82) is 0 Å². The van der Waals surface area contributed by atoms with Crippen LogP contribution in [0.3, 0.4) is 0 Å². The minimum atomic E-state index is -0.852. The molecule has 0 radical (unpaired) electrons. The van der Waals surface area contributed by atoms with E-state index in [1.165, 1.54) is 11.8 Å². The molecule has 0 aliphatic heterocycles. The summed E-state index contributed by atoms with van der Waals surface area (Å²) in [5, 5.41) is 7.96. The van der Waals surface area contributed by atoms with Crippen LogP contribution < -0.4 is 0 Å². The zero-order valence-corrected chi connectivity index (χ0v) is 11.3. The van der Waals surface area contributed by atoms with Crippen molar-refractivity contribution in [1.82, 2.24) is 15.0 Å². The second kappa shape index (κ2) is 4.98. The number of hydrogen-bond donors (Lipinski definition) is 0. The fraction of sp³-hybridized carbons (Fsp3) is 0.778. The highest BCUT2D eigenvalue weighted by atomic mass is 32.2. The standard InChI is InChI=1S/C9H19N3SSi/c1-12-7-9(10-11-12)8-13-5-6-14(2,3)4/h7H,5-6,8H2,1-4H3. The third-order valence-electron chi connectivity index (χ3n) is 1.90. The van der Waals surface area contributed by atoms with Gasteiger partial charge in [-0.2, -0.15) is 11.8 Å². The van der Waals surface area contributed by atoms with Gasteiger partial charge in [-0.05, 0) is 11.8 Å². The third-order valence-corrected chi connectivity index (χ3v) is 5.00. The molecule has 0 bridgehead atoms. The Labute approximate surface area is 91.3 Å². The van der Waals surface area contributed by atoms with Crippen molar-refractivity contribution >= 4 is 19.8 Å². The van der Waals surface area contributed by atoms with Gasteiger partial charge in [0, 0.05) is 27.1 Å². The monoisotopic (exact) mass is 229 g/mol.